The number of anilines is 3. The van der Waals surface area contributed by atoms with E-state index < -0.39 is 0 Å². The molecule has 1 aliphatic heterocycles. The van der Waals surface area contributed by atoms with Gasteiger partial charge in [0.2, 0.25) is 11.9 Å². The minimum Gasteiger partial charge on any atom is -0.325 e. The Hall–Kier alpha value is -3.21. The monoisotopic (exact) mass is 330 g/mol. The lowest BCUT2D eigenvalue weighted by atomic mass is 10.1. The molecule has 2 heterocycles. The number of hydrogen-bond acceptors (Lipinski definition) is 4. The number of fused-ring (bicyclic) bond motifs is 3. The van der Waals surface area contributed by atoms with Crippen molar-refractivity contribution in [3.05, 3.63) is 65.4 Å². The minimum absolute atomic E-state index is 0.0510. The molecule has 0 saturated carbocycles. The molecular weight excluding hydrogens is 312 g/mol. The van der Waals surface area contributed by atoms with Crippen molar-refractivity contribution in [3.8, 4) is 11.3 Å². The molecule has 0 radical (unpaired) electrons. The number of para-hydroxylation sites is 1. The Labute approximate surface area is 146 Å². The number of carbonyl (C=O) groups excluding carboxylic acids is 1. The van der Waals surface area contributed by atoms with Gasteiger partial charge in [0.05, 0.1) is 17.8 Å². The fourth-order valence-corrected chi connectivity index (χ4v) is 3.07. The van der Waals surface area contributed by atoms with E-state index in [0.29, 0.717) is 5.95 Å². The Kier molecular flexibility index (Phi) is 3.69. The zero-order valence-electron chi connectivity index (χ0n) is 14.1. The van der Waals surface area contributed by atoms with E-state index >= 15 is 0 Å². The van der Waals surface area contributed by atoms with Crippen molar-refractivity contribution in [2.45, 2.75) is 20.3 Å². The van der Waals surface area contributed by atoms with Crippen molar-refractivity contribution in [1.82, 2.24) is 9.97 Å². The van der Waals surface area contributed by atoms with Crippen LogP contribution in [0, 0.1) is 13.8 Å². The number of amides is 1. The third kappa shape index (κ3) is 2.96. The molecule has 124 valence electrons. The lowest BCUT2D eigenvalue weighted by Crippen LogP contribution is -2.12. The van der Waals surface area contributed by atoms with Gasteiger partial charge in [-0.1, -0.05) is 35.9 Å². The predicted molar refractivity (Wildman–Crippen MR) is 99.0 cm³/mol. The van der Waals surface area contributed by atoms with Gasteiger partial charge >= 0.3 is 0 Å². The molecule has 0 fully saturated rings. The summed E-state index contributed by atoms with van der Waals surface area (Å²) in [7, 11) is 0. The average molecular weight is 330 g/mol. The number of hydrogen-bond donors (Lipinski definition) is 2. The third-order valence-corrected chi connectivity index (χ3v) is 4.30. The first-order chi connectivity index (χ1) is 12.1. The number of aryl methyl sites for hydroxylation is 2. The van der Waals surface area contributed by atoms with Crippen molar-refractivity contribution >= 4 is 23.2 Å². The van der Waals surface area contributed by atoms with Gasteiger partial charge in [0.25, 0.3) is 0 Å². The first kappa shape index (κ1) is 15.3. The number of aromatic nitrogens is 2. The molecule has 0 atom stereocenters. The fraction of sp³-hybridized carbons (Fsp3) is 0.150. The van der Waals surface area contributed by atoms with Crippen LogP contribution in [0.2, 0.25) is 0 Å². The van der Waals surface area contributed by atoms with Crippen LogP contribution >= 0.6 is 0 Å². The predicted octanol–water partition coefficient (Wildman–Crippen LogP) is 4.00. The van der Waals surface area contributed by atoms with Gasteiger partial charge < -0.3 is 10.6 Å². The Morgan fingerprint density at radius 1 is 1.12 bits per heavy atom. The van der Waals surface area contributed by atoms with Crippen LogP contribution < -0.4 is 10.6 Å². The second kappa shape index (κ2) is 6.02. The Morgan fingerprint density at radius 2 is 1.96 bits per heavy atom. The van der Waals surface area contributed by atoms with Crippen LogP contribution in [0.3, 0.4) is 0 Å². The van der Waals surface area contributed by atoms with Crippen LogP contribution in [0.25, 0.3) is 11.3 Å². The summed E-state index contributed by atoms with van der Waals surface area (Å²) in [6, 6.07) is 13.9. The van der Waals surface area contributed by atoms with Crippen LogP contribution in [0.1, 0.15) is 16.7 Å². The van der Waals surface area contributed by atoms with Gasteiger partial charge in [-0.3, -0.25) is 4.79 Å². The molecule has 25 heavy (non-hydrogen) atoms. The van der Waals surface area contributed by atoms with Gasteiger partial charge in [0, 0.05) is 23.0 Å². The maximum atomic E-state index is 12.1. The summed E-state index contributed by atoms with van der Waals surface area (Å²) in [4.78, 5) is 21.2. The van der Waals surface area contributed by atoms with E-state index in [1.165, 1.54) is 5.56 Å². The standard InChI is InChI=1S/C20H18N4O/c1-12-7-8-16(13(2)9-12)23-20-21-11-14-10-18(25)22-17-6-4-3-5-15(17)19(14)24-20/h3-9,11H,10H2,1-2H3,(H,22,25)(H,21,23,24). The highest BCUT2D eigenvalue weighted by Crippen LogP contribution is 2.33. The Bertz CT molecular complexity index is 981. The van der Waals surface area contributed by atoms with E-state index in [9.17, 15) is 4.79 Å². The number of carbonyl (C=O) groups is 1. The zero-order valence-corrected chi connectivity index (χ0v) is 14.1. The summed E-state index contributed by atoms with van der Waals surface area (Å²) in [6.07, 6.45) is 2.00. The number of rotatable bonds is 2. The van der Waals surface area contributed by atoms with Crippen LogP contribution in [0.4, 0.5) is 17.3 Å². The summed E-state index contributed by atoms with van der Waals surface area (Å²) in [5, 5.41) is 6.21. The van der Waals surface area contributed by atoms with Crippen LogP contribution in [0.15, 0.2) is 48.7 Å². The second-order valence-electron chi connectivity index (χ2n) is 6.28. The average Bonchev–Trinajstić information content (AvgIpc) is 2.73. The van der Waals surface area contributed by atoms with E-state index in [-0.39, 0.29) is 12.3 Å². The van der Waals surface area contributed by atoms with Crippen molar-refractivity contribution in [2.24, 2.45) is 0 Å². The van der Waals surface area contributed by atoms with Crippen LogP contribution in [-0.4, -0.2) is 15.9 Å². The zero-order chi connectivity index (χ0) is 17.4. The molecule has 1 amide bonds. The SMILES string of the molecule is Cc1ccc(Nc2ncc3c(n2)-c2ccccc2NC(=O)C3)c(C)c1. The summed E-state index contributed by atoms with van der Waals surface area (Å²) in [6.45, 7) is 4.12. The highest BCUT2D eigenvalue weighted by atomic mass is 16.1. The molecule has 2 N–H and O–H groups in total. The normalized spacial score (nSPS) is 12.6. The van der Waals surface area contributed by atoms with E-state index in [0.717, 1.165) is 33.8 Å². The summed E-state index contributed by atoms with van der Waals surface area (Å²) in [5.74, 6) is 0.472. The van der Waals surface area contributed by atoms with Crippen molar-refractivity contribution < 1.29 is 4.79 Å². The summed E-state index contributed by atoms with van der Waals surface area (Å²) in [5.41, 5.74) is 6.63. The lowest BCUT2D eigenvalue weighted by Gasteiger charge is -2.12. The maximum Gasteiger partial charge on any atom is 0.228 e. The Balaban J connectivity index is 1.77. The molecule has 5 nitrogen and oxygen atoms in total. The molecule has 0 spiro atoms. The first-order valence-corrected chi connectivity index (χ1v) is 8.19. The van der Waals surface area contributed by atoms with Gasteiger partial charge in [-0.2, -0.15) is 0 Å². The third-order valence-electron chi connectivity index (χ3n) is 4.30. The van der Waals surface area contributed by atoms with Crippen molar-refractivity contribution in [2.75, 3.05) is 10.6 Å². The van der Waals surface area contributed by atoms with E-state index in [1.54, 1.807) is 6.20 Å². The van der Waals surface area contributed by atoms with E-state index in [4.69, 9.17) is 4.98 Å². The topological polar surface area (TPSA) is 66.9 Å². The number of nitrogens with zero attached hydrogens (tertiary/aromatic N) is 2. The first-order valence-electron chi connectivity index (χ1n) is 8.19. The number of nitrogens with one attached hydrogen (secondary N) is 2. The molecule has 5 heteroatoms. The molecule has 0 bridgehead atoms. The molecule has 1 aliphatic rings. The van der Waals surface area contributed by atoms with Gasteiger partial charge in [0.1, 0.15) is 0 Å². The molecule has 2 aromatic carbocycles. The fourth-order valence-electron chi connectivity index (χ4n) is 3.07. The summed E-state index contributed by atoms with van der Waals surface area (Å²) < 4.78 is 0. The van der Waals surface area contributed by atoms with Crippen molar-refractivity contribution in [1.29, 1.82) is 0 Å². The molecule has 1 aromatic heterocycles. The molecule has 4 rings (SSSR count). The number of benzene rings is 2. The summed E-state index contributed by atoms with van der Waals surface area (Å²) >= 11 is 0. The molecular formula is C20H18N4O. The molecule has 0 saturated heterocycles. The molecule has 3 aromatic rings. The molecule has 0 aliphatic carbocycles. The van der Waals surface area contributed by atoms with Gasteiger partial charge in [0.15, 0.2) is 0 Å². The lowest BCUT2D eigenvalue weighted by molar-refractivity contribution is -0.115. The minimum atomic E-state index is -0.0510. The highest BCUT2D eigenvalue weighted by Gasteiger charge is 2.20. The quantitative estimate of drug-likeness (QED) is 0.745. The van der Waals surface area contributed by atoms with E-state index in [1.807, 2.05) is 30.3 Å². The van der Waals surface area contributed by atoms with Gasteiger partial charge in [-0.05, 0) is 31.5 Å². The van der Waals surface area contributed by atoms with Crippen LogP contribution in [0.5, 0.6) is 0 Å². The van der Waals surface area contributed by atoms with Crippen molar-refractivity contribution in [3.63, 3.8) is 0 Å². The Morgan fingerprint density at radius 3 is 2.80 bits per heavy atom. The second-order valence-corrected chi connectivity index (χ2v) is 6.28. The largest absolute Gasteiger partial charge is 0.325 e. The van der Waals surface area contributed by atoms with Crippen LogP contribution in [-0.2, 0) is 11.2 Å². The smallest absolute Gasteiger partial charge is 0.228 e. The van der Waals surface area contributed by atoms with E-state index in [2.05, 4.69) is 41.6 Å². The molecule has 0 unspecified atom stereocenters. The van der Waals surface area contributed by atoms with Gasteiger partial charge in [-0.15, -0.1) is 0 Å². The highest BCUT2D eigenvalue weighted by molar-refractivity contribution is 5.99. The van der Waals surface area contributed by atoms with Gasteiger partial charge in [-0.25, -0.2) is 9.97 Å². The maximum absolute atomic E-state index is 12.1.